The fraction of sp³-hybridized carbons (Fsp3) is 0.364. The molecule has 0 bridgehead atoms. The van der Waals surface area contributed by atoms with E-state index in [1.807, 2.05) is 0 Å². The minimum absolute atomic E-state index is 0. The summed E-state index contributed by atoms with van der Waals surface area (Å²) in [5, 5.41) is 14.7. The molecule has 1 aromatic carbocycles. The maximum absolute atomic E-state index is 10.5. The van der Waals surface area contributed by atoms with Gasteiger partial charge in [-0.15, -0.1) is 0 Å². The van der Waals surface area contributed by atoms with Gasteiger partial charge in [0.15, 0.2) is 5.17 Å². The fourth-order valence-electron chi connectivity index (χ4n) is 1.47. The lowest BCUT2D eigenvalue weighted by Gasteiger charge is -2.13. The molecule has 7 heteroatoms. The molecule has 1 aromatic rings. The van der Waals surface area contributed by atoms with Crippen molar-refractivity contribution in [3.05, 3.63) is 39.9 Å². The van der Waals surface area contributed by atoms with Crippen LogP contribution in [-0.2, 0) is 5.75 Å². The zero-order valence-electron chi connectivity index (χ0n) is 9.63. The molecule has 1 heterocycles. The molecule has 0 amide bonds. The summed E-state index contributed by atoms with van der Waals surface area (Å²) in [4.78, 5) is 14.5. The summed E-state index contributed by atoms with van der Waals surface area (Å²) in [5.74, 6) is 0.782. The van der Waals surface area contributed by atoms with E-state index in [2.05, 4.69) is 10.3 Å². The Hall–Kier alpha value is -1.27. The molecule has 0 spiro atoms. The summed E-state index contributed by atoms with van der Waals surface area (Å²) in [5.41, 5.74) is 1.20. The molecule has 0 aromatic heterocycles. The van der Waals surface area contributed by atoms with Crippen molar-refractivity contribution in [3.8, 4) is 0 Å². The first-order chi connectivity index (χ1) is 8.25. The molecule has 5 nitrogen and oxygen atoms in total. The number of benzene rings is 1. The van der Waals surface area contributed by atoms with Crippen molar-refractivity contribution in [1.29, 1.82) is 0 Å². The lowest BCUT2D eigenvalue weighted by Crippen LogP contribution is -3.00. The molecule has 1 N–H and O–H groups in total. The summed E-state index contributed by atoms with van der Waals surface area (Å²) in [6.07, 6.45) is 1.08. The van der Waals surface area contributed by atoms with Crippen LogP contribution in [0.2, 0.25) is 0 Å². The molecule has 18 heavy (non-hydrogen) atoms. The van der Waals surface area contributed by atoms with E-state index in [0.29, 0.717) is 0 Å². The first-order valence-corrected chi connectivity index (χ1v) is 6.39. The average Bonchev–Trinajstić information content (AvgIpc) is 2.38. The van der Waals surface area contributed by atoms with Crippen molar-refractivity contribution in [1.82, 2.24) is 5.32 Å². The first kappa shape index (κ1) is 14.8. The van der Waals surface area contributed by atoms with Gasteiger partial charge in [0.05, 0.1) is 4.92 Å². The molecule has 1 aliphatic rings. The van der Waals surface area contributed by atoms with Crippen LogP contribution in [0.5, 0.6) is 0 Å². The van der Waals surface area contributed by atoms with Crippen LogP contribution in [-0.4, -0.2) is 23.2 Å². The minimum Gasteiger partial charge on any atom is -1.00 e. The summed E-state index contributed by atoms with van der Waals surface area (Å²) in [6, 6.07) is 6.64. The number of nitro groups is 1. The van der Waals surface area contributed by atoms with Gasteiger partial charge in [-0.1, -0.05) is 23.9 Å². The lowest BCUT2D eigenvalue weighted by atomic mass is 10.2. The Morgan fingerprint density at radius 1 is 1.39 bits per heavy atom. The Morgan fingerprint density at radius 3 is 2.67 bits per heavy atom. The second-order valence-electron chi connectivity index (χ2n) is 3.68. The number of amidine groups is 1. The number of nitrogens with zero attached hydrogens (tertiary/aromatic N) is 2. The third kappa shape index (κ3) is 4.19. The van der Waals surface area contributed by atoms with E-state index in [9.17, 15) is 10.1 Å². The summed E-state index contributed by atoms with van der Waals surface area (Å²) in [6.45, 7) is 1.86. The number of halogens is 1. The van der Waals surface area contributed by atoms with Crippen LogP contribution in [0.3, 0.4) is 0 Å². The number of aliphatic imine (C=N–C) groups is 1. The zero-order valence-corrected chi connectivity index (χ0v) is 11.2. The maximum Gasteiger partial charge on any atom is 0.269 e. The molecule has 0 saturated heterocycles. The Morgan fingerprint density at radius 2 is 2.11 bits per heavy atom. The zero-order chi connectivity index (χ0) is 12.1. The van der Waals surface area contributed by atoms with E-state index in [0.717, 1.165) is 36.0 Å². The van der Waals surface area contributed by atoms with Crippen LogP contribution in [0.1, 0.15) is 12.0 Å². The molecule has 0 fully saturated rings. The third-order valence-electron chi connectivity index (χ3n) is 2.39. The van der Waals surface area contributed by atoms with Gasteiger partial charge in [0, 0.05) is 31.0 Å². The predicted octanol–water partition coefficient (Wildman–Crippen LogP) is -0.819. The summed E-state index contributed by atoms with van der Waals surface area (Å²) in [7, 11) is 0. The average molecular weight is 287 g/mol. The molecule has 2 rings (SSSR count). The fourth-order valence-corrected chi connectivity index (χ4v) is 2.36. The number of thioether (sulfide) groups is 1. The topological polar surface area (TPSA) is 67.5 Å². The molecular formula is C11H13ClN3O2S-. The van der Waals surface area contributed by atoms with Crippen LogP contribution in [0, 0.1) is 10.1 Å². The molecule has 0 atom stereocenters. The number of hydrogen-bond donors (Lipinski definition) is 1. The van der Waals surface area contributed by atoms with Gasteiger partial charge in [0.1, 0.15) is 0 Å². The predicted molar refractivity (Wildman–Crippen MR) is 69.3 cm³/mol. The van der Waals surface area contributed by atoms with E-state index in [1.165, 1.54) is 12.1 Å². The van der Waals surface area contributed by atoms with Gasteiger partial charge in [0.2, 0.25) is 0 Å². The highest BCUT2D eigenvalue weighted by atomic mass is 35.5. The van der Waals surface area contributed by atoms with Gasteiger partial charge in [-0.3, -0.25) is 15.1 Å². The van der Waals surface area contributed by atoms with Gasteiger partial charge in [0.25, 0.3) is 5.69 Å². The molecule has 0 saturated carbocycles. The van der Waals surface area contributed by atoms with E-state index < -0.39 is 0 Å². The smallest absolute Gasteiger partial charge is 0.269 e. The first-order valence-electron chi connectivity index (χ1n) is 5.40. The van der Waals surface area contributed by atoms with Crippen LogP contribution in [0.15, 0.2) is 29.3 Å². The normalized spacial score (nSPS) is 14.1. The highest BCUT2D eigenvalue weighted by Gasteiger charge is 2.07. The van der Waals surface area contributed by atoms with E-state index in [1.54, 1.807) is 23.9 Å². The lowest BCUT2D eigenvalue weighted by molar-refractivity contribution is -0.384. The Balaban J connectivity index is 0.00000162. The Bertz CT molecular complexity index is 436. The second kappa shape index (κ2) is 7.23. The Labute approximate surface area is 116 Å². The highest BCUT2D eigenvalue weighted by Crippen LogP contribution is 2.17. The monoisotopic (exact) mass is 286 g/mol. The van der Waals surface area contributed by atoms with Crippen molar-refractivity contribution >= 4 is 22.6 Å². The second-order valence-corrected chi connectivity index (χ2v) is 4.64. The summed E-state index contributed by atoms with van der Waals surface area (Å²) >= 11 is 1.63. The van der Waals surface area contributed by atoms with E-state index in [-0.39, 0.29) is 23.0 Å². The Kier molecular flexibility index (Phi) is 5.94. The van der Waals surface area contributed by atoms with Crippen molar-refractivity contribution in [2.45, 2.75) is 12.2 Å². The van der Waals surface area contributed by atoms with E-state index >= 15 is 0 Å². The van der Waals surface area contributed by atoms with Crippen LogP contribution < -0.4 is 17.7 Å². The minimum atomic E-state index is -0.385. The van der Waals surface area contributed by atoms with Gasteiger partial charge >= 0.3 is 0 Å². The van der Waals surface area contributed by atoms with Crippen molar-refractivity contribution < 1.29 is 17.3 Å². The van der Waals surface area contributed by atoms with Crippen molar-refractivity contribution in [2.75, 3.05) is 13.1 Å². The number of rotatable bonds is 3. The number of hydrogen-bond acceptors (Lipinski definition) is 5. The number of nitro benzene ring substituents is 1. The summed E-state index contributed by atoms with van der Waals surface area (Å²) < 4.78 is 0. The molecule has 0 radical (unpaired) electrons. The maximum atomic E-state index is 10.5. The number of nitrogens with one attached hydrogen (secondary N) is 1. The van der Waals surface area contributed by atoms with Crippen LogP contribution in [0.25, 0.3) is 0 Å². The molecule has 0 unspecified atom stereocenters. The van der Waals surface area contributed by atoms with Crippen LogP contribution in [0.4, 0.5) is 5.69 Å². The quantitative estimate of drug-likeness (QED) is 0.582. The number of non-ortho nitro benzene ring substituents is 1. The van der Waals surface area contributed by atoms with Crippen LogP contribution >= 0.6 is 11.8 Å². The molecule has 98 valence electrons. The van der Waals surface area contributed by atoms with Gasteiger partial charge in [-0.25, -0.2) is 0 Å². The van der Waals surface area contributed by atoms with E-state index in [4.69, 9.17) is 0 Å². The largest absolute Gasteiger partial charge is 1.00 e. The standard InChI is InChI=1S/C11H13N3O2S.ClH/c15-14(16)10-4-2-9(3-5-10)8-17-11-12-6-1-7-13-11;/h2-5H,1,6-8H2,(H,12,13);1H/p-1. The molecule has 1 aliphatic heterocycles. The van der Waals surface area contributed by atoms with Gasteiger partial charge in [-0.2, -0.15) is 0 Å². The third-order valence-corrected chi connectivity index (χ3v) is 3.41. The highest BCUT2D eigenvalue weighted by molar-refractivity contribution is 8.13. The molecular weight excluding hydrogens is 274 g/mol. The molecule has 0 aliphatic carbocycles. The van der Waals surface area contributed by atoms with Crippen molar-refractivity contribution in [3.63, 3.8) is 0 Å². The van der Waals surface area contributed by atoms with Gasteiger partial charge < -0.3 is 17.7 Å². The SMILES string of the molecule is O=[N+]([O-])c1ccc(CSC2=NCCCN2)cc1.[Cl-]. The van der Waals surface area contributed by atoms with Gasteiger partial charge in [-0.05, 0) is 12.0 Å². The van der Waals surface area contributed by atoms with Crippen molar-refractivity contribution in [2.24, 2.45) is 4.99 Å².